The lowest BCUT2D eigenvalue weighted by molar-refractivity contribution is 0.0883. The quantitative estimate of drug-likeness (QED) is 0.886. The first-order chi connectivity index (χ1) is 11.6. The third kappa shape index (κ3) is 3.95. The van der Waals surface area contributed by atoms with E-state index in [0.29, 0.717) is 5.88 Å². The molecular weight excluding hydrogens is 310 g/mol. The average Bonchev–Trinajstić information content (AvgIpc) is 2.60. The standard InChI is InChI=1S/C16H19N5O3/c1-21-15(22)7-6-13(20-21)16(23)19-11-2-4-12(5-3-11)24-14-10-17-8-9-18-14/h6-12H,2-5H2,1H3,(H,19,23). The minimum Gasteiger partial charge on any atom is -0.473 e. The van der Waals surface area contributed by atoms with Crippen LogP contribution in [0.5, 0.6) is 5.88 Å². The maximum atomic E-state index is 12.2. The van der Waals surface area contributed by atoms with Gasteiger partial charge < -0.3 is 10.1 Å². The normalized spacial score (nSPS) is 20.4. The second-order valence-electron chi connectivity index (χ2n) is 5.79. The number of carbonyl (C=O) groups is 1. The molecule has 1 aliphatic carbocycles. The van der Waals surface area contributed by atoms with E-state index in [2.05, 4.69) is 20.4 Å². The lowest BCUT2D eigenvalue weighted by Crippen LogP contribution is -2.40. The van der Waals surface area contributed by atoms with Gasteiger partial charge in [0.25, 0.3) is 11.5 Å². The van der Waals surface area contributed by atoms with Crippen LogP contribution in [0.2, 0.25) is 0 Å². The van der Waals surface area contributed by atoms with Crippen molar-refractivity contribution in [1.29, 1.82) is 0 Å². The Morgan fingerprint density at radius 1 is 1.25 bits per heavy atom. The summed E-state index contributed by atoms with van der Waals surface area (Å²) in [5.74, 6) is 0.267. The summed E-state index contributed by atoms with van der Waals surface area (Å²) in [6.07, 6.45) is 8.20. The number of hydrogen-bond donors (Lipinski definition) is 1. The molecule has 0 aliphatic heterocycles. The molecule has 1 saturated carbocycles. The van der Waals surface area contributed by atoms with Gasteiger partial charge in [-0.15, -0.1) is 0 Å². The van der Waals surface area contributed by atoms with Crippen LogP contribution in [-0.2, 0) is 7.05 Å². The minimum absolute atomic E-state index is 0.0817. The third-order valence-electron chi connectivity index (χ3n) is 4.03. The number of hydrogen-bond acceptors (Lipinski definition) is 6. The van der Waals surface area contributed by atoms with Crippen LogP contribution in [0, 0.1) is 0 Å². The molecule has 2 heterocycles. The predicted octanol–water partition coefficient (Wildman–Crippen LogP) is 0.690. The summed E-state index contributed by atoms with van der Waals surface area (Å²) in [6, 6.07) is 2.87. The van der Waals surface area contributed by atoms with E-state index in [0.717, 1.165) is 30.4 Å². The molecule has 8 nitrogen and oxygen atoms in total. The number of nitrogens with one attached hydrogen (secondary N) is 1. The summed E-state index contributed by atoms with van der Waals surface area (Å²) < 4.78 is 6.94. The van der Waals surface area contributed by atoms with Crippen molar-refractivity contribution < 1.29 is 9.53 Å². The fourth-order valence-electron chi connectivity index (χ4n) is 2.72. The van der Waals surface area contributed by atoms with Crippen LogP contribution in [0.15, 0.2) is 35.5 Å². The smallest absolute Gasteiger partial charge is 0.271 e. The summed E-state index contributed by atoms with van der Waals surface area (Å²) in [5.41, 5.74) is 0.00301. The van der Waals surface area contributed by atoms with Gasteiger partial charge in [0.05, 0.1) is 6.20 Å². The van der Waals surface area contributed by atoms with E-state index in [1.807, 2.05) is 0 Å². The number of aryl methyl sites for hydroxylation is 1. The molecule has 0 atom stereocenters. The van der Waals surface area contributed by atoms with Crippen molar-refractivity contribution in [3.63, 3.8) is 0 Å². The van der Waals surface area contributed by atoms with E-state index >= 15 is 0 Å². The SMILES string of the molecule is Cn1nc(C(=O)NC2CCC(Oc3cnccn3)CC2)ccc1=O. The van der Waals surface area contributed by atoms with Gasteiger partial charge in [0.1, 0.15) is 11.8 Å². The molecule has 8 heteroatoms. The lowest BCUT2D eigenvalue weighted by Gasteiger charge is -2.29. The van der Waals surface area contributed by atoms with Gasteiger partial charge in [-0.2, -0.15) is 5.10 Å². The van der Waals surface area contributed by atoms with E-state index in [4.69, 9.17) is 4.74 Å². The highest BCUT2D eigenvalue weighted by Gasteiger charge is 2.24. The molecule has 1 N–H and O–H groups in total. The van der Waals surface area contributed by atoms with Crippen molar-refractivity contribution in [2.24, 2.45) is 7.05 Å². The Morgan fingerprint density at radius 3 is 2.71 bits per heavy atom. The Hall–Kier alpha value is -2.77. The number of rotatable bonds is 4. The zero-order chi connectivity index (χ0) is 16.9. The first-order valence-electron chi connectivity index (χ1n) is 7.90. The number of carbonyl (C=O) groups excluding carboxylic acids is 1. The van der Waals surface area contributed by atoms with Crippen LogP contribution in [0.25, 0.3) is 0 Å². The van der Waals surface area contributed by atoms with Crippen molar-refractivity contribution in [3.05, 3.63) is 46.8 Å². The zero-order valence-corrected chi connectivity index (χ0v) is 13.4. The van der Waals surface area contributed by atoms with Gasteiger partial charge in [0, 0.05) is 31.5 Å². The summed E-state index contributed by atoms with van der Waals surface area (Å²) in [5, 5.41) is 6.93. The highest BCUT2D eigenvalue weighted by Crippen LogP contribution is 2.22. The molecule has 1 amide bonds. The van der Waals surface area contributed by atoms with Gasteiger partial charge in [0.15, 0.2) is 0 Å². The fourth-order valence-corrected chi connectivity index (χ4v) is 2.72. The summed E-state index contributed by atoms with van der Waals surface area (Å²) in [6.45, 7) is 0. The summed E-state index contributed by atoms with van der Waals surface area (Å²) >= 11 is 0. The monoisotopic (exact) mass is 329 g/mol. The molecule has 126 valence electrons. The Bertz CT molecular complexity index is 754. The van der Waals surface area contributed by atoms with Crippen molar-refractivity contribution >= 4 is 5.91 Å². The van der Waals surface area contributed by atoms with Gasteiger partial charge in [0.2, 0.25) is 5.88 Å². The second kappa shape index (κ2) is 7.20. The molecular formula is C16H19N5O3. The van der Waals surface area contributed by atoms with E-state index in [9.17, 15) is 9.59 Å². The molecule has 0 saturated heterocycles. The van der Waals surface area contributed by atoms with Crippen LogP contribution in [0.1, 0.15) is 36.2 Å². The van der Waals surface area contributed by atoms with Crippen molar-refractivity contribution in [3.8, 4) is 5.88 Å². The van der Waals surface area contributed by atoms with E-state index in [1.165, 1.54) is 19.2 Å². The van der Waals surface area contributed by atoms with Gasteiger partial charge in [-0.05, 0) is 31.7 Å². The molecule has 0 radical (unpaired) electrons. The van der Waals surface area contributed by atoms with Crippen molar-refractivity contribution in [1.82, 2.24) is 25.1 Å². The van der Waals surface area contributed by atoms with Gasteiger partial charge in [-0.3, -0.25) is 14.6 Å². The maximum absolute atomic E-state index is 12.2. The first-order valence-corrected chi connectivity index (χ1v) is 7.90. The van der Waals surface area contributed by atoms with Gasteiger partial charge >= 0.3 is 0 Å². The Kier molecular flexibility index (Phi) is 4.83. The van der Waals surface area contributed by atoms with Crippen LogP contribution < -0.4 is 15.6 Å². The van der Waals surface area contributed by atoms with E-state index in [1.54, 1.807) is 18.6 Å². The Morgan fingerprint density at radius 2 is 2.04 bits per heavy atom. The van der Waals surface area contributed by atoms with Gasteiger partial charge in [-0.1, -0.05) is 0 Å². The zero-order valence-electron chi connectivity index (χ0n) is 13.4. The molecule has 3 rings (SSSR count). The van der Waals surface area contributed by atoms with Crippen LogP contribution >= 0.6 is 0 Å². The first kappa shape index (κ1) is 16.1. The molecule has 1 fully saturated rings. The molecule has 2 aromatic heterocycles. The number of nitrogens with zero attached hydrogens (tertiary/aromatic N) is 4. The second-order valence-corrected chi connectivity index (χ2v) is 5.79. The van der Waals surface area contributed by atoms with Crippen LogP contribution in [-0.4, -0.2) is 37.8 Å². The predicted molar refractivity (Wildman–Crippen MR) is 85.6 cm³/mol. The van der Waals surface area contributed by atoms with E-state index < -0.39 is 0 Å². The molecule has 0 unspecified atom stereocenters. The fraction of sp³-hybridized carbons (Fsp3) is 0.438. The molecule has 2 aromatic rings. The maximum Gasteiger partial charge on any atom is 0.271 e. The minimum atomic E-state index is -0.260. The summed E-state index contributed by atoms with van der Waals surface area (Å²) in [4.78, 5) is 31.6. The van der Waals surface area contributed by atoms with Crippen molar-refractivity contribution in [2.75, 3.05) is 0 Å². The largest absolute Gasteiger partial charge is 0.473 e. The van der Waals surface area contributed by atoms with Gasteiger partial charge in [-0.25, -0.2) is 9.67 Å². The molecule has 0 aromatic carbocycles. The number of ether oxygens (including phenoxy) is 1. The topological polar surface area (TPSA) is 99.0 Å². The molecule has 24 heavy (non-hydrogen) atoms. The van der Waals surface area contributed by atoms with E-state index in [-0.39, 0.29) is 29.3 Å². The van der Waals surface area contributed by atoms with Crippen LogP contribution in [0.3, 0.4) is 0 Å². The average molecular weight is 329 g/mol. The Labute approximate surface area is 138 Å². The Balaban J connectivity index is 1.50. The highest BCUT2D eigenvalue weighted by molar-refractivity contribution is 5.92. The lowest BCUT2D eigenvalue weighted by atomic mass is 9.93. The molecule has 0 spiro atoms. The molecule has 1 aliphatic rings. The third-order valence-corrected chi connectivity index (χ3v) is 4.03. The number of aromatic nitrogens is 4. The van der Waals surface area contributed by atoms with Crippen LogP contribution in [0.4, 0.5) is 0 Å². The molecule has 0 bridgehead atoms. The number of amides is 1. The highest BCUT2D eigenvalue weighted by atomic mass is 16.5. The summed E-state index contributed by atoms with van der Waals surface area (Å²) in [7, 11) is 1.52. The van der Waals surface area contributed by atoms with Crippen molar-refractivity contribution in [2.45, 2.75) is 37.8 Å².